The number of ether oxygens (including phenoxy) is 1. The van der Waals surface area contributed by atoms with Gasteiger partial charge in [0.25, 0.3) is 0 Å². The van der Waals surface area contributed by atoms with E-state index in [0.29, 0.717) is 0 Å². The van der Waals surface area contributed by atoms with Gasteiger partial charge in [0.05, 0.1) is 11.4 Å². The molecule has 3 rings (SSSR count). The summed E-state index contributed by atoms with van der Waals surface area (Å²) in [5, 5.41) is 9.74. The second kappa shape index (κ2) is 9.20. The number of benzene rings is 1. The van der Waals surface area contributed by atoms with Crippen LogP contribution in [-0.4, -0.2) is 27.1 Å². The fraction of sp³-hybridized carbons (Fsp3) is 0.238. The highest BCUT2D eigenvalue weighted by molar-refractivity contribution is 5.23. The summed E-state index contributed by atoms with van der Waals surface area (Å²) >= 11 is 0. The third kappa shape index (κ3) is 5.20. The third-order valence-electron chi connectivity index (χ3n) is 4.12. The van der Waals surface area contributed by atoms with Crippen molar-refractivity contribution in [3.63, 3.8) is 0 Å². The zero-order valence-corrected chi connectivity index (χ0v) is 14.8. The number of nitrogens with zero attached hydrogens (tertiary/aromatic N) is 3. The van der Waals surface area contributed by atoms with Crippen molar-refractivity contribution < 1.29 is 9.84 Å². The molecule has 1 aromatic carbocycles. The lowest BCUT2D eigenvalue weighted by Gasteiger charge is -2.22. The van der Waals surface area contributed by atoms with Gasteiger partial charge in [-0.2, -0.15) is 0 Å². The van der Waals surface area contributed by atoms with Gasteiger partial charge in [0.15, 0.2) is 6.29 Å². The van der Waals surface area contributed by atoms with Crippen molar-refractivity contribution in [1.29, 1.82) is 0 Å². The molecule has 5 nitrogen and oxygen atoms in total. The van der Waals surface area contributed by atoms with E-state index in [1.165, 1.54) is 7.11 Å². The standard InChI is InChI=1S/C21H23N3O2/c1-26-21(25)18-10-8-17(9-11-18)14-24(15-19-6-2-4-12-22-19)16-20-7-3-5-13-23-20/h2-13,21,25H,14-16H2,1H3. The minimum absolute atomic E-state index is 0.736. The molecule has 0 bridgehead atoms. The molecule has 0 amide bonds. The molecule has 0 fully saturated rings. The van der Waals surface area contributed by atoms with E-state index in [4.69, 9.17) is 4.74 Å². The third-order valence-corrected chi connectivity index (χ3v) is 4.12. The van der Waals surface area contributed by atoms with E-state index in [0.717, 1.165) is 42.1 Å². The molecule has 3 aromatic rings. The molecule has 5 heteroatoms. The monoisotopic (exact) mass is 349 g/mol. The van der Waals surface area contributed by atoms with E-state index < -0.39 is 6.29 Å². The van der Waals surface area contributed by atoms with Crippen LogP contribution in [0.3, 0.4) is 0 Å². The number of pyridine rings is 2. The summed E-state index contributed by atoms with van der Waals surface area (Å²) < 4.78 is 4.94. The summed E-state index contributed by atoms with van der Waals surface area (Å²) in [5.41, 5.74) is 3.95. The van der Waals surface area contributed by atoms with E-state index in [1.807, 2.05) is 73.1 Å². The highest BCUT2D eigenvalue weighted by Crippen LogP contribution is 2.17. The Morgan fingerprint density at radius 2 is 1.42 bits per heavy atom. The smallest absolute Gasteiger partial charge is 0.180 e. The van der Waals surface area contributed by atoms with Gasteiger partial charge < -0.3 is 9.84 Å². The summed E-state index contributed by atoms with van der Waals surface area (Å²) in [6.45, 7) is 2.23. The van der Waals surface area contributed by atoms with Crippen molar-refractivity contribution in [2.24, 2.45) is 0 Å². The van der Waals surface area contributed by atoms with Crippen molar-refractivity contribution in [3.05, 3.63) is 95.6 Å². The van der Waals surface area contributed by atoms with Crippen molar-refractivity contribution in [2.45, 2.75) is 25.9 Å². The predicted molar refractivity (Wildman–Crippen MR) is 99.8 cm³/mol. The molecule has 0 saturated carbocycles. The van der Waals surface area contributed by atoms with Crippen molar-refractivity contribution in [2.75, 3.05) is 7.11 Å². The normalized spacial score (nSPS) is 12.3. The summed E-state index contributed by atoms with van der Waals surface area (Å²) in [6.07, 6.45) is 2.74. The number of hydrogen-bond donors (Lipinski definition) is 1. The van der Waals surface area contributed by atoms with Crippen molar-refractivity contribution in [3.8, 4) is 0 Å². The van der Waals surface area contributed by atoms with Crippen LogP contribution in [0.4, 0.5) is 0 Å². The number of aliphatic hydroxyl groups excluding tert-OH is 1. The number of hydrogen-bond acceptors (Lipinski definition) is 5. The van der Waals surface area contributed by atoms with Crippen LogP contribution < -0.4 is 0 Å². The second-order valence-corrected chi connectivity index (χ2v) is 6.12. The number of methoxy groups -OCH3 is 1. The largest absolute Gasteiger partial charge is 0.364 e. The topological polar surface area (TPSA) is 58.5 Å². The summed E-state index contributed by atoms with van der Waals surface area (Å²) in [6, 6.07) is 19.7. The van der Waals surface area contributed by atoms with Gasteiger partial charge in [0, 0.05) is 44.7 Å². The Kier molecular flexibility index (Phi) is 6.44. The van der Waals surface area contributed by atoms with E-state index in [2.05, 4.69) is 14.9 Å². The van der Waals surface area contributed by atoms with Gasteiger partial charge in [0.1, 0.15) is 0 Å². The Morgan fingerprint density at radius 3 is 1.88 bits per heavy atom. The van der Waals surface area contributed by atoms with Crippen LogP contribution in [0.25, 0.3) is 0 Å². The molecule has 134 valence electrons. The maximum Gasteiger partial charge on any atom is 0.180 e. The molecule has 0 radical (unpaired) electrons. The second-order valence-electron chi connectivity index (χ2n) is 6.12. The molecule has 0 aliphatic carbocycles. The fourth-order valence-electron chi connectivity index (χ4n) is 2.79. The quantitative estimate of drug-likeness (QED) is 0.632. The number of aromatic nitrogens is 2. The van der Waals surface area contributed by atoms with E-state index in [-0.39, 0.29) is 0 Å². The fourth-order valence-corrected chi connectivity index (χ4v) is 2.79. The first-order valence-electron chi connectivity index (χ1n) is 8.56. The van der Waals surface area contributed by atoms with E-state index >= 15 is 0 Å². The average molecular weight is 349 g/mol. The first-order chi connectivity index (χ1) is 12.7. The van der Waals surface area contributed by atoms with Gasteiger partial charge in [-0.1, -0.05) is 36.4 Å². The first-order valence-corrected chi connectivity index (χ1v) is 8.56. The van der Waals surface area contributed by atoms with Crippen LogP contribution in [0, 0.1) is 0 Å². The Balaban J connectivity index is 1.74. The molecule has 1 atom stereocenters. The van der Waals surface area contributed by atoms with Crippen LogP contribution in [0.1, 0.15) is 28.8 Å². The van der Waals surface area contributed by atoms with Gasteiger partial charge in [-0.3, -0.25) is 14.9 Å². The Labute approximate surface area is 153 Å². The molecule has 2 aromatic heterocycles. The minimum atomic E-state index is -0.887. The molecule has 0 saturated heterocycles. The van der Waals surface area contributed by atoms with Gasteiger partial charge >= 0.3 is 0 Å². The SMILES string of the molecule is COC(O)c1ccc(CN(Cc2ccccn2)Cc2ccccn2)cc1. The summed E-state index contributed by atoms with van der Waals surface area (Å²) in [4.78, 5) is 11.2. The molecule has 0 aliphatic rings. The van der Waals surface area contributed by atoms with Gasteiger partial charge in [0.2, 0.25) is 0 Å². The molecular weight excluding hydrogens is 326 g/mol. The zero-order chi connectivity index (χ0) is 18.2. The lowest BCUT2D eigenvalue weighted by Crippen LogP contribution is -2.23. The highest BCUT2D eigenvalue weighted by Gasteiger charge is 2.11. The van der Waals surface area contributed by atoms with Crippen LogP contribution in [0.2, 0.25) is 0 Å². The van der Waals surface area contributed by atoms with E-state index in [1.54, 1.807) is 0 Å². The van der Waals surface area contributed by atoms with Crippen LogP contribution in [-0.2, 0) is 24.4 Å². The maximum absolute atomic E-state index is 9.74. The number of rotatable bonds is 8. The minimum Gasteiger partial charge on any atom is -0.364 e. The van der Waals surface area contributed by atoms with Gasteiger partial charge in [-0.05, 0) is 29.8 Å². The lowest BCUT2D eigenvalue weighted by atomic mass is 10.1. The molecule has 1 N–H and O–H groups in total. The van der Waals surface area contributed by atoms with Crippen molar-refractivity contribution >= 4 is 0 Å². The van der Waals surface area contributed by atoms with Crippen molar-refractivity contribution in [1.82, 2.24) is 14.9 Å². The number of aliphatic hydroxyl groups is 1. The Bertz CT molecular complexity index is 738. The van der Waals surface area contributed by atoms with Crippen LogP contribution in [0.5, 0.6) is 0 Å². The zero-order valence-electron chi connectivity index (χ0n) is 14.8. The summed E-state index contributed by atoms with van der Waals surface area (Å²) in [5.74, 6) is 0. The predicted octanol–water partition coefficient (Wildman–Crippen LogP) is 3.32. The average Bonchev–Trinajstić information content (AvgIpc) is 2.69. The highest BCUT2D eigenvalue weighted by atomic mass is 16.6. The Hall–Kier alpha value is -2.60. The van der Waals surface area contributed by atoms with Gasteiger partial charge in [-0.15, -0.1) is 0 Å². The Morgan fingerprint density at radius 1 is 0.846 bits per heavy atom. The van der Waals surface area contributed by atoms with Gasteiger partial charge in [-0.25, -0.2) is 0 Å². The lowest BCUT2D eigenvalue weighted by molar-refractivity contribution is -0.0769. The summed E-state index contributed by atoms with van der Waals surface area (Å²) in [7, 11) is 1.49. The van der Waals surface area contributed by atoms with Crippen LogP contribution >= 0.6 is 0 Å². The molecule has 2 heterocycles. The molecular formula is C21H23N3O2. The van der Waals surface area contributed by atoms with E-state index in [9.17, 15) is 5.11 Å². The molecule has 26 heavy (non-hydrogen) atoms. The molecule has 0 spiro atoms. The first kappa shape index (κ1) is 18.2. The molecule has 0 aliphatic heterocycles. The maximum atomic E-state index is 9.74. The van der Waals surface area contributed by atoms with Crippen LogP contribution in [0.15, 0.2) is 73.1 Å². The molecule has 1 unspecified atom stereocenters.